The SMILES string of the molecule is CCNC(=NCC(c1cnn(C)c1)N(C)C)N1CCC(c2cnn(C)c2)C1. The van der Waals surface area contributed by atoms with Crippen LogP contribution in [-0.4, -0.2) is 75.6 Å². The van der Waals surface area contributed by atoms with Crippen molar-refractivity contribution in [3.63, 3.8) is 0 Å². The lowest BCUT2D eigenvalue weighted by Crippen LogP contribution is -2.40. The van der Waals surface area contributed by atoms with E-state index >= 15 is 0 Å². The average molecular weight is 373 g/mol. The molecule has 27 heavy (non-hydrogen) atoms. The summed E-state index contributed by atoms with van der Waals surface area (Å²) >= 11 is 0. The lowest BCUT2D eigenvalue weighted by atomic mass is 10.0. The van der Waals surface area contributed by atoms with Gasteiger partial charge >= 0.3 is 0 Å². The van der Waals surface area contributed by atoms with Gasteiger partial charge in [-0.25, -0.2) is 0 Å². The lowest BCUT2D eigenvalue weighted by Gasteiger charge is -2.25. The Bertz CT molecular complexity index is 759. The molecule has 1 aliphatic rings. The highest BCUT2D eigenvalue weighted by Crippen LogP contribution is 2.27. The van der Waals surface area contributed by atoms with Crippen molar-refractivity contribution in [1.82, 2.24) is 34.7 Å². The number of aromatic nitrogens is 4. The summed E-state index contributed by atoms with van der Waals surface area (Å²) in [6.45, 7) is 5.69. The first-order valence-electron chi connectivity index (χ1n) is 9.64. The minimum absolute atomic E-state index is 0.212. The highest BCUT2D eigenvalue weighted by molar-refractivity contribution is 5.80. The van der Waals surface area contributed by atoms with Crippen LogP contribution in [0, 0.1) is 0 Å². The van der Waals surface area contributed by atoms with Crippen molar-refractivity contribution in [3.05, 3.63) is 35.9 Å². The molecule has 0 aromatic carbocycles. The first-order chi connectivity index (χ1) is 13.0. The van der Waals surface area contributed by atoms with E-state index in [1.165, 1.54) is 11.1 Å². The molecule has 1 fully saturated rings. The highest BCUT2D eigenvalue weighted by Gasteiger charge is 2.27. The average Bonchev–Trinajstić information content (AvgIpc) is 3.35. The molecule has 2 aromatic rings. The second-order valence-corrected chi connectivity index (χ2v) is 7.50. The molecule has 8 heteroatoms. The smallest absolute Gasteiger partial charge is 0.194 e. The van der Waals surface area contributed by atoms with Crippen LogP contribution in [0.5, 0.6) is 0 Å². The van der Waals surface area contributed by atoms with E-state index in [1.807, 2.05) is 35.9 Å². The van der Waals surface area contributed by atoms with E-state index in [-0.39, 0.29) is 6.04 Å². The van der Waals surface area contributed by atoms with E-state index < -0.39 is 0 Å². The minimum Gasteiger partial charge on any atom is -0.357 e. The monoisotopic (exact) mass is 372 g/mol. The molecule has 3 heterocycles. The Morgan fingerprint density at radius 1 is 1.26 bits per heavy atom. The van der Waals surface area contributed by atoms with Gasteiger partial charge in [-0.15, -0.1) is 0 Å². The molecular weight excluding hydrogens is 340 g/mol. The van der Waals surface area contributed by atoms with E-state index in [9.17, 15) is 0 Å². The molecule has 0 saturated carbocycles. The van der Waals surface area contributed by atoms with Crippen LogP contribution in [0.15, 0.2) is 29.8 Å². The number of aliphatic imine (C=N–C) groups is 1. The largest absolute Gasteiger partial charge is 0.357 e. The molecule has 8 nitrogen and oxygen atoms in total. The van der Waals surface area contributed by atoms with Crippen molar-refractivity contribution in [3.8, 4) is 0 Å². The van der Waals surface area contributed by atoms with Crippen LogP contribution in [-0.2, 0) is 14.1 Å². The van der Waals surface area contributed by atoms with E-state index in [2.05, 4.69) is 58.7 Å². The third-order valence-corrected chi connectivity index (χ3v) is 5.17. The quantitative estimate of drug-likeness (QED) is 0.610. The fourth-order valence-corrected chi connectivity index (χ4v) is 3.65. The van der Waals surface area contributed by atoms with Crippen LogP contribution in [0.3, 0.4) is 0 Å². The molecule has 2 atom stereocenters. The summed E-state index contributed by atoms with van der Waals surface area (Å²) < 4.78 is 3.73. The first kappa shape index (κ1) is 19.4. The summed E-state index contributed by atoms with van der Waals surface area (Å²) in [5, 5.41) is 12.1. The number of nitrogens with zero attached hydrogens (tertiary/aromatic N) is 7. The van der Waals surface area contributed by atoms with Gasteiger partial charge in [0.1, 0.15) is 0 Å². The summed E-state index contributed by atoms with van der Waals surface area (Å²) in [4.78, 5) is 9.54. The Balaban J connectivity index is 1.70. The van der Waals surface area contributed by atoms with Crippen molar-refractivity contribution in [2.75, 3.05) is 40.3 Å². The van der Waals surface area contributed by atoms with Gasteiger partial charge in [0.25, 0.3) is 0 Å². The number of nitrogens with one attached hydrogen (secondary N) is 1. The Kier molecular flexibility index (Phi) is 6.15. The topological polar surface area (TPSA) is 66.5 Å². The van der Waals surface area contributed by atoms with Gasteiger partial charge in [-0.3, -0.25) is 14.4 Å². The number of guanidine groups is 1. The zero-order valence-electron chi connectivity index (χ0n) is 17.1. The molecule has 2 unspecified atom stereocenters. The van der Waals surface area contributed by atoms with Gasteiger partial charge in [0.2, 0.25) is 0 Å². The van der Waals surface area contributed by atoms with E-state index in [0.717, 1.165) is 32.0 Å². The zero-order chi connectivity index (χ0) is 19.4. The minimum atomic E-state index is 0.212. The summed E-state index contributed by atoms with van der Waals surface area (Å²) in [5.41, 5.74) is 2.51. The summed E-state index contributed by atoms with van der Waals surface area (Å²) in [5.74, 6) is 1.52. The number of likely N-dealkylation sites (N-methyl/N-ethyl adjacent to an activating group) is 1. The predicted octanol–water partition coefficient (Wildman–Crippen LogP) is 1.21. The van der Waals surface area contributed by atoms with Gasteiger partial charge in [0.05, 0.1) is 25.0 Å². The molecule has 0 radical (unpaired) electrons. The van der Waals surface area contributed by atoms with Gasteiger partial charge in [0.15, 0.2) is 5.96 Å². The molecule has 148 valence electrons. The molecule has 1 N–H and O–H groups in total. The molecule has 3 rings (SSSR count). The number of rotatable bonds is 6. The highest BCUT2D eigenvalue weighted by atomic mass is 15.3. The number of aryl methyl sites for hydroxylation is 2. The van der Waals surface area contributed by atoms with Crippen molar-refractivity contribution >= 4 is 5.96 Å². The van der Waals surface area contributed by atoms with Gasteiger partial charge in [-0.1, -0.05) is 0 Å². The molecule has 0 amide bonds. The standard InChI is InChI=1S/C19H32N8/c1-6-20-19(21-11-18(24(2)3)17-10-23-26(5)13-17)27-8-7-15(14-27)16-9-22-25(4)12-16/h9-10,12-13,15,18H,6-8,11,14H2,1-5H3,(H,20,21). The molecule has 2 aromatic heterocycles. The van der Waals surface area contributed by atoms with Crippen LogP contribution in [0.2, 0.25) is 0 Å². The van der Waals surface area contributed by atoms with Gasteiger partial charge < -0.3 is 15.1 Å². The molecule has 1 saturated heterocycles. The maximum atomic E-state index is 4.97. The summed E-state index contributed by atoms with van der Waals surface area (Å²) in [6.07, 6.45) is 9.25. The van der Waals surface area contributed by atoms with Crippen molar-refractivity contribution < 1.29 is 0 Å². The van der Waals surface area contributed by atoms with Crippen molar-refractivity contribution in [1.29, 1.82) is 0 Å². The molecule has 0 aliphatic carbocycles. The molecule has 0 spiro atoms. The number of likely N-dealkylation sites (tertiary alicyclic amines) is 1. The van der Waals surface area contributed by atoms with Crippen LogP contribution in [0.1, 0.15) is 36.4 Å². The number of hydrogen-bond donors (Lipinski definition) is 1. The molecule has 0 bridgehead atoms. The Labute approximate surface area is 161 Å². The lowest BCUT2D eigenvalue weighted by molar-refractivity contribution is 0.305. The summed E-state index contributed by atoms with van der Waals surface area (Å²) in [7, 11) is 8.11. The van der Waals surface area contributed by atoms with Crippen LogP contribution in [0.4, 0.5) is 0 Å². The van der Waals surface area contributed by atoms with E-state index in [0.29, 0.717) is 12.5 Å². The predicted molar refractivity (Wildman–Crippen MR) is 108 cm³/mol. The van der Waals surface area contributed by atoms with Gasteiger partial charge in [-0.2, -0.15) is 10.2 Å². The zero-order valence-corrected chi connectivity index (χ0v) is 17.1. The second-order valence-electron chi connectivity index (χ2n) is 7.50. The normalized spacial score (nSPS) is 19.1. The third kappa shape index (κ3) is 4.68. The van der Waals surface area contributed by atoms with Crippen molar-refractivity contribution in [2.24, 2.45) is 19.1 Å². The van der Waals surface area contributed by atoms with Crippen LogP contribution in [0.25, 0.3) is 0 Å². The van der Waals surface area contributed by atoms with Crippen LogP contribution < -0.4 is 5.32 Å². The van der Waals surface area contributed by atoms with Crippen LogP contribution >= 0.6 is 0 Å². The second kappa shape index (κ2) is 8.56. The fraction of sp³-hybridized carbons (Fsp3) is 0.632. The maximum Gasteiger partial charge on any atom is 0.194 e. The Morgan fingerprint density at radius 3 is 2.59 bits per heavy atom. The molecular formula is C19H32N8. The third-order valence-electron chi connectivity index (χ3n) is 5.17. The molecule has 1 aliphatic heterocycles. The summed E-state index contributed by atoms with van der Waals surface area (Å²) in [6, 6.07) is 0.212. The Hall–Kier alpha value is -2.35. The van der Waals surface area contributed by atoms with Crippen molar-refractivity contribution in [2.45, 2.75) is 25.3 Å². The Morgan fingerprint density at radius 2 is 2.00 bits per heavy atom. The van der Waals surface area contributed by atoms with E-state index in [4.69, 9.17) is 4.99 Å². The number of hydrogen-bond acceptors (Lipinski definition) is 4. The first-order valence-corrected chi connectivity index (χ1v) is 9.64. The van der Waals surface area contributed by atoms with Gasteiger partial charge in [-0.05, 0) is 33.0 Å². The maximum absolute atomic E-state index is 4.97. The van der Waals surface area contributed by atoms with Gasteiger partial charge in [0, 0.05) is 57.6 Å². The fourth-order valence-electron chi connectivity index (χ4n) is 3.65. The van der Waals surface area contributed by atoms with E-state index in [1.54, 1.807) is 0 Å².